The van der Waals surface area contributed by atoms with Gasteiger partial charge in [-0.1, -0.05) is 30.2 Å². The number of rotatable bonds is 3. The van der Waals surface area contributed by atoms with Gasteiger partial charge < -0.3 is 4.98 Å². The Morgan fingerprint density at radius 1 is 1.14 bits per heavy atom. The zero-order valence-electron chi connectivity index (χ0n) is 12.3. The van der Waals surface area contributed by atoms with Gasteiger partial charge in [0.05, 0.1) is 11.0 Å². The first-order valence-corrected chi connectivity index (χ1v) is 7.54. The SMILES string of the molecule is C#Cc1ccc(CN2CC(c3nc4ccccc4[nH]3)C2)cc1. The molecule has 0 bridgehead atoms. The third-order valence-corrected chi connectivity index (χ3v) is 4.28. The van der Waals surface area contributed by atoms with E-state index >= 15 is 0 Å². The van der Waals surface area contributed by atoms with Crippen molar-refractivity contribution >= 4 is 11.0 Å². The van der Waals surface area contributed by atoms with Crippen molar-refractivity contribution in [2.24, 2.45) is 0 Å². The summed E-state index contributed by atoms with van der Waals surface area (Å²) in [5.41, 5.74) is 4.43. The Kier molecular flexibility index (Phi) is 3.17. The van der Waals surface area contributed by atoms with Gasteiger partial charge in [-0.25, -0.2) is 4.98 Å². The summed E-state index contributed by atoms with van der Waals surface area (Å²) in [5.74, 6) is 4.27. The van der Waals surface area contributed by atoms with Crippen LogP contribution in [0.25, 0.3) is 11.0 Å². The summed E-state index contributed by atoms with van der Waals surface area (Å²) >= 11 is 0. The molecule has 3 nitrogen and oxygen atoms in total. The number of hydrogen-bond acceptors (Lipinski definition) is 2. The highest BCUT2D eigenvalue weighted by atomic mass is 15.2. The first-order valence-electron chi connectivity index (χ1n) is 7.54. The molecule has 3 aromatic rings. The summed E-state index contributed by atoms with van der Waals surface area (Å²) in [6.45, 7) is 3.08. The van der Waals surface area contributed by atoms with Crippen LogP contribution in [0, 0.1) is 12.3 Å². The number of imidazole rings is 1. The van der Waals surface area contributed by atoms with Gasteiger partial charge in [0.15, 0.2) is 0 Å². The van der Waals surface area contributed by atoms with Crippen LogP contribution in [0.2, 0.25) is 0 Å². The van der Waals surface area contributed by atoms with Crippen LogP contribution in [-0.4, -0.2) is 28.0 Å². The van der Waals surface area contributed by atoms with E-state index in [0.717, 1.165) is 42.1 Å². The van der Waals surface area contributed by atoms with E-state index in [1.54, 1.807) is 0 Å². The van der Waals surface area contributed by atoms with Crippen molar-refractivity contribution in [3.05, 3.63) is 65.5 Å². The number of H-pyrrole nitrogens is 1. The Bertz CT molecular complexity index is 800. The molecule has 22 heavy (non-hydrogen) atoms. The van der Waals surface area contributed by atoms with E-state index in [-0.39, 0.29) is 0 Å². The van der Waals surface area contributed by atoms with E-state index < -0.39 is 0 Å². The second-order valence-corrected chi connectivity index (χ2v) is 5.87. The first-order chi connectivity index (χ1) is 10.8. The van der Waals surface area contributed by atoms with Crippen molar-refractivity contribution in [1.82, 2.24) is 14.9 Å². The quantitative estimate of drug-likeness (QED) is 0.750. The molecule has 0 spiro atoms. The number of para-hydroxylation sites is 2. The van der Waals surface area contributed by atoms with Crippen molar-refractivity contribution in [1.29, 1.82) is 0 Å². The molecule has 2 aromatic carbocycles. The molecule has 1 aliphatic heterocycles. The number of likely N-dealkylation sites (tertiary alicyclic amines) is 1. The summed E-state index contributed by atoms with van der Waals surface area (Å²) in [4.78, 5) is 10.6. The fourth-order valence-electron chi connectivity index (χ4n) is 3.00. The lowest BCUT2D eigenvalue weighted by atomic mass is 9.98. The van der Waals surface area contributed by atoms with Gasteiger partial charge >= 0.3 is 0 Å². The van der Waals surface area contributed by atoms with Crippen molar-refractivity contribution in [2.75, 3.05) is 13.1 Å². The number of hydrogen-bond donors (Lipinski definition) is 1. The summed E-state index contributed by atoms with van der Waals surface area (Å²) in [6, 6.07) is 16.4. The molecule has 0 atom stereocenters. The summed E-state index contributed by atoms with van der Waals surface area (Å²) in [5, 5.41) is 0. The van der Waals surface area contributed by atoms with Crippen molar-refractivity contribution in [3.63, 3.8) is 0 Å². The molecule has 1 fully saturated rings. The second kappa shape index (κ2) is 5.32. The summed E-state index contributed by atoms with van der Waals surface area (Å²) in [6.07, 6.45) is 5.38. The second-order valence-electron chi connectivity index (χ2n) is 5.87. The minimum Gasteiger partial charge on any atom is -0.342 e. The topological polar surface area (TPSA) is 31.9 Å². The Morgan fingerprint density at radius 2 is 1.91 bits per heavy atom. The normalized spacial score (nSPS) is 15.6. The number of nitrogens with one attached hydrogen (secondary N) is 1. The summed E-state index contributed by atoms with van der Waals surface area (Å²) in [7, 11) is 0. The van der Waals surface area contributed by atoms with Crippen LogP contribution in [0.15, 0.2) is 48.5 Å². The van der Waals surface area contributed by atoms with Crippen LogP contribution in [-0.2, 0) is 6.54 Å². The average Bonchev–Trinajstić information content (AvgIpc) is 2.94. The molecule has 1 N–H and O–H groups in total. The molecule has 2 heterocycles. The standard InChI is InChI=1S/C19H17N3/c1-2-14-7-9-15(10-8-14)11-22-12-16(13-22)19-20-17-5-3-4-6-18(17)21-19/h1,3-10,16H,11-13H2,(H,20,21). The van der Waals surface area contributed by atoms with Gasteiger partial charge in [0.25, 0.3) is 0 Å². The minimum absolute atomic E-state index is 0.511. The third kappa shape index (κ3) is 2.38. The maximum Gasteiger partial charge on any atom is 0.112 e. The van der Waals surface area contributed by atoms with Gasteiger partial charge in [0, 0.05) is 31.1 Å². The fourth-order valence-corrected chi connectivity index (χ4v) is 3.00. The molecular weight excluding hydrogens is 270 g/mol. The largest absolute Gasteiger partial charge is 0.342 e. The monoisotopic (exact) mass is 287 g/mol. The van der Waals surface area contributed by atoms with E-state index in [2.05, 4.69) is 40.1 Å². The van der Waals surface area contributed by atoms with E-state index in [0.29, 0.717) is 5.92 Å². The predicted octanol–water partition coefficient (Wildman–Crippen LogP) is 3.14. The Morgan fingerprint density at radius 3 is 2.64 bits per heavy atom. The fraction of sp³-hybridized carbons (Fsp3) is 0.211. The van der Waals surface area contributed by atoms with Gasteiger partial charge in [-0.3, -0.25) is 4.90 Å². The number of aromatic amines is 1. The van der Waals surface area contributed by atoms with Gasteiger partial charge in [-0.05, 0) is 29.8 Å². The van der Waals surface area contributed by atoms with Crippen molar-refractivity contribution in [3.8, 4) is 12.3 Å². The van der Waals surface area contributed by atoms with E-state index in [9.17, 15) is 0 Å². The molecule has 0 saturated carbocycles. The van der Waals surface area contributed by atoms with Crippen LogP contribution >= 0.6 is 0 Å². The van der Waals surface area contributed by atoms with Gasteiger partial charge in [-0.15, -0.1) is 6.42 Å². The highest BCUT2D eigenvalue weighted by Gasteiger charge is 2.30. The maximum atomic E-state index is 5.38. The zero-order valence-corrected chi connectivity index (χ0v) is 12.3. The maximum absolute atomic E-state index is 5.38. The minimum atomic E-state index is 0.511. The van der Waals surface area contributed by atoms with Crippen molar-refractivity contribution in [2.45, 2.75) is 12.5 Å². The van der Waals surface area contributed by atoms with Crippen LogP contribution in [0.1, 0.15) is 22.9 Å². The Balaban J connectivity index is 1.40. The van der Waals surface area contributed by atoms with Crippen LogP contribution in [0.5, 0.6) is 0 Å². The Hall–Kier alpha value is -2.57. The number of aromatic nitrogens is 2. The molecule has 0 amide bonds. The lowest BCUT2D eigenvalue weighted by Crippen LogP contribution is -2.44. The highest BCUT2D eigenvalue weighted by molar-refractivity contribution is 5.74. The molecule has 1 saturated heterocycles. The molecule has 1 aliphatic rings. The van der Waals surface area contributed by atoms with Gasteiger partial charge in [-0.2, -0.15) is 0 Å². The van der Waals surface area contributed by atoms with Crippen LogP contribution in [0.4, 0.5) is 0 Å². The summed E-state index contributed by atoms with van der Waals surface area (Å²) < 4.78 is 0. The molecule has 108 valence electrons. The zero-order chi connectivity index (χ0) is 14.9. The Labute approximate surface area is 130 Å². The highest BCUT2D eigenvalue weighted by Crippen LogP contribution is 2.28. The third-order valence-electron chi connectivity index (χ3n) is 4.28. The van der Waals surface area contributed by atoms with Crippen LogP contribution < -0.4 is 0 Å². The number of nitrogens with zero attached hydrogens (tertiary/aromatic N) is 2. The van der Waals surface area contributed by atoms with Gasteiger partial charge in [0.2, 0.25) is 0 Å². The molecule has 4 rings (SSSR count). The van der Waals surface area contributed by atoms with E-state index in [1.807, 2.05) is 24.3 Å². The number of fused-ring (bicyclic) bond motifs is 1. The van der Waals surface area contributed by atoms with E-state index in [1.165, 1.54) is 5.56 Å². The van der Waals surface area contributed by atoms with Gasteiger partial charge in [0.1, 0.15) is 5.82 Å². The van der Waals surface area contributed by atoms with Crippen molar-refractivity contribution < 1.29 is 0 Å². The molecule has 1 aromatic heterocycles. The molecule has 0 unspecified atom stereocenters. The number of terminal acetylenes is 1. The molecular formula is C19H17N3. The predicted molar refractivity (Wildman–Crippen MR) is 88.5 cm³/mol. The molecule has 0 aliphatic carbocycles. The molecule has 0 radical (unpaired) electrons. The smallest absolute Gasteiger partial charge is 0.112 e. The average molecular weight is 287 g/mol. The van der Waals surface area contributed by atoms with Crippen LogP contribution in [0.3, 0.4) is 0 Å². The lowest BCUT2D eigenvalue weighted by Gasteiger charge is -2.38. The lowest BCUT2D eigenvalue weighted by molar-refractivity contribution is 0.135. The first kappa shape index (κ1) is 13.1. The number of benzene rings is 2. The molecule has 3 heteroatoms. The van der Waals surface area contributed by atoms with E-state index in [4.69, 9.17) is 11.4 Å².